The summed E-state index contributed by atoms with van der Waals surface area (Å²) >= 11 is 0. The Kier molecular flexibility index (Phi) is 6.50. The third-order valence-corrected chi connectivity index (χ3v) is 5.53. The van der Waals surface area contributed by atoms with Gasteiger partial charge in [0.05, 0.1) is 31.9 Å². The van der Waals surface area contributed by atoms with Gasteiger partial charge in [-0.3, -0.25) is 14.5 Å². The third-order valence-electron chi connectivity index (χ3n) is 5.53. The number of Topliss-reactive ketones (excluding diaryl/α,β-unsaturated/α-hetero) is 1. The molecule has 3 aromatic rings. The van der Waals surface area contributed by atoms with Crippen LogP contribution in [0.25, 0.3) is 5.76 Å². The lowest BCUT2D eigenvalue weighted by Gasteiger charge is -2.23. The van der Waals surface area contributed by atoms with Gasteiger partial charge in [-0.05, 0) is 62.7 Å². The van der Waals surface area contributed by atoms with Crippen LogP contribution in [0.5, 0.6) is 17.2 Å². The Morgan fingerprint density at radius 3 is 2.29 bits per heavy atom. The van der Waals surface area contributed by atoms with Crippen LogP contribution in [0, 0.1) is 6.92 Å². The second-order valence-electron chi connectivity index (χ2n) is 8.27. The van der Waals surface area contributed by atoms with Crippen molar-refractivity contribution in [3.8, 4) is 17.2 Å². The van der Waals surface area contributed by atoms with Crippen LogP contribution < -0.4 is 19.1 Å². The van der Waals surface area contributed by atoms with Crippen molar-refractivity contribution in [1.82, 2.24) is 5.16 Å². The highest BCUT2D eigenvalue weighted by Crippen LogP contribution is 2.44. The monoisotopic (exact) mass is 478 g/mol. The molecule has 1 amide bonds. The molecule has 9 heteroatoms. The molecule has 1 aromatic heterocycles. The predicted octanol–water partition coefficient (Wildman–Crippen LogP) is 4.41. The molecule has 0 bridgehead atoms. The number of aryl methyl sites for hydroxylation is 1. The van der Waals surface area contributed by atoms with E-state index in [9.17, 15) is 14.7 Å². The van der Waals surface area contributed by atoms with E-state index in [0.29, 0.717) is 34.1 Å². The Morgan fingerprint density at radius 2 is 1.71 bits per heavy atom. The van der Waals surface area contributed by atoms with Crippen LogP contribution in [-0.4, -0.2) is 42.3 Å². The number of ketones is 1. The summed E-state index contributed by atoms with van der Waals surface area (Å²) in [4.78, 5) is 27.6. The van der Waals surface area contributed by atoms with Gasteiger partial charge in [-0.2, -0.15) is 0 Å². The number of rotatable bonds is 7. The van der Waals surface area contributed by atoms with Crippen molar-refractivity contribution < 1.29 is 33.4 Å². The van der Waals surface area contributed by atoms with E-state index < -0.39 is 17.7 Å². The lowest BCUT2D eigenvalue weighted by Crippen LogP contribution is -2.29. The smallest absolute Gasteiger partial charge is 0.301 e. The van der Waals surface area contributed by atoms with Crippen molar-refractivity contribution in [2.45, 2.75) is 32.9 Å². The molecule has 0 aliphatic carbocycles. The van der Waals surface area contributed by atoms with E-state index in [1.54, 1.807) is 55.5 Å². The van der Waals surface area contributed by atoms with Gasteiger partial charge in [0.15, 0.2) is 17.3 Å². The van der Waals surface area contributed by atoms with Crippen molar-refractivity contribution in [2.24, 2.45) is 0 Å². The Morgan fingerprint density at radius 1 is 1.03 bits per heavy atom. The van der Waals surface area contributed by atoms with Crippen LogP contribution in [0.15, 0.2) is 58.6 Å². The largest absolute Gasteiger partial charge is 0.507 e. The zero-order valence-electron chi connectivity index (χ0n) is 20.1. The average molecular weight is 479 g/mol. The Hall–Kier alpha value is -4.27. The number of hydrogen-bond donors (Lipinski definition) is 1. The molecule has 1 fully saturated rings. The number of benzene rings is 2. The molecule has 0 radical (unpaired) electrons. The number of aliphatic hydroxyl groups is 1. The zero-order chi connectivity index (χ0) is 25.3. The zero-order valence-corrected chi connectivity index (χ0v) is 20.1. The molecule has 2 heterocycles. The summed E-state index contributed by atoms with van der Waals surface area (Å²) in [5.74, 6) is 0.129. The quantitative estimate of drug-likeness (QED) is 0.302. The van der Waals surface area contributed by atoms with E-state index >= 15 is 0 Å². The van der Waals surface area contributed by atoms with E-state index in [1.165, 1.54) is 19.1 Å². The van der Waals surface area contributed by atoms with E-state index in [4.69, 9.17) is 18.7 Å². The molecule has 0 spiro atoms. The van der Waals surface area contributed by atoms with Gasteiger partial charge in [0.1, 0.15) is 17.3 Å². The van der Waals surface area contributed by atoms with Crippen LogP contribution >= 0.6 is 0 Å². The number of methoxy groups -OCH3 is 2. The number of aromatic nitrogens is 1. The summed E-state index contributed by atoms with van der Waals surface area (Å²) in [5.41, 5.74) is 0.796. The SMILES string of the molecule is COc1ccc(C2C(=C(O)c3ccc(OC(C)C)cc3)C(=O)C(=O)N2c2cc(C)on2)cc1OC. The summed E-state index contributed by atoms with van der Waals surface area (Å²) in [6, 6.07) is 12.2. The van der Waals surface area contributed by atoms with Crippen molar-refractivity contribution in [2.75, 3.05) is 19.1 Å². The van der Waals surface area contributed by atoms with Crippen molar-refractivity contribution in [3.63, 3.8) is 0 Å². The van der Waals surface area contributed by atoms with Crippen molar-refractivity contribution >= 4 is 23.3 Å². The molecule has 9 nitrogen and oxygen atoms in total. The van der Waals surface area contributed by atoms with Gasteiger partial charge in [-0.1, -0.05) is 11.2 Å². The molecule has 1 saturated heterocycles. The maximum absolute atomic E-state index is 13.2. The molecular weight excluding hydrogens is 452 g/mol. The van der Waals surface area contributed by atoms with Crippen molar-refractivity contribution in [3.05, 3.63) is 71.0 Å². The van der Waals surface area contributed by atoms with Gasteiger partial charge in [0, 0.05) is 11.6 Å². The Labute approximate surface area is 202 Å². The highest BCUT2D eigenvalue weighted by Gasteiger charge is 2.48. The van der Waals surface area contributed by atoms with Gasteiger partial charge in [0.2, 0.25) is 0 Å². The van der Waals surface area contributed by atoms with E-state index in [0.717, 1.165) is 0 Å². The van der Waals surface area contributed by atoms with Crippen LogP contribution in [0.3, 0.4) is 0 Å². The fourth-order valence-electron chi connectivity index (χ4n) is 3.99. The van der Waals surface area contributed by atoms with Crippen LogP contribution in [-0.2, 0) is 9.59 Å². The standard InChI is InChI=1S/C26H26N2O7/c1-14(2)34-18-9-6-16(7-10-18)24(29)22-23(17-8-11-19(32-4)20(13-17)33-5)28(26(31)25(22)30)21-12-15(3)35-27-21/h6-14,23,29H,1-5H3. The molecule has 35 heavy (non-hydrogen) atoms. The first-order chi connectivity index (χ1) is 16.7. The molecule has 2 aromatic carbocycles. The van der Waals surface area contributed by atoms with Crippen LogP contribution in [0.1, 0.15) is 36.8 Å². The minimum Gasteiger partial charge on any atom is -0.507 e. The maximum Gasteiger partial charge on any atom is 0.301 e. The molecule has 182 valence electrons. The topological polar surface area (TPSA) is 111 Å². The number of anilines is 1. The number of ether oxygens (including phenoxy) is 3. The number of carbonyl (C=O) groups excluding carboxylic acids is 2. The number of nitrogens with zero attached hydrogens (tertiary/aromatic N) is 2. The van der Waals surface area contributed by atoms with E-state index in [2.05, 4.69) is 5.16 Å². The van der Waals surface area contributed by atoms with Gasteiger partial charge in [0.25, 0.3) is 5.78 Å². The lowest BCUT2D eigenvalue weighted by molar-refractivity contribution is -0.132. The summed E-state index contributed by atoms with van der Waals surface area (Å²) < 4.78 is 21.6. The minimum atomic E-state index is -0.981. The molecule has 1 aliphatic rings. The highest BCUT2D eigenvalue weighted by atomic mass is 16.5. The molecule has 1 unspecified atom stereocenters. The van der Waals surface area contributed by atoms with E-state index in [-0.39, 0.29) is 23.3 Å². The molecule has 1 N–H and O–H groups in total. The fraction of sp³-hybridized carbons (Fsp3) is 0.269. The lowest BCUT2D eigenvalue weighted by atomic mass is 9.95. The van der Waals surface area contributed by atoms with E-state index in [1.807, 2.05) is 13.8 Å². The van der Waals surface area contributed by atoms with Gasteiger partial charge >= 0.3 is 5.91 Å². The number of aliphatic hydroxyl groups excluding tert-OH is 1. The molecule has 1 aliphatic heterocycles. The normalized spacial score (nSPS) is 17.2. The predicted molar refractivity (Wildman–Crippen MR) is 128 cm³/mol. The van der Waals surface area contributed by atoms with Crippen LogP contribution in [0.4, 0.5) is 5.82 Å². The summed E-state index contributed by atoms with van der Waals surface area (Å²) in [6.45, 7) is 5.49. The first-order valence-electron chi connectivity index (χ1n) is 11.0. The molecule has 1 atom stereocenters. The van der Waals surface area contributed by atoms with Crippen LogP contribution in [0.2, 0.25) is 0 Å². The second kappa shape index (κ2) is 9.54. The highest BCUT2D eigenvalue weighted by molar-refractivity contribution is 6.51. The number of amides is 1. The maximum atomic E-state index is 13.2. The molecular formula is C26H26N2O7. The summed E-state index contributed by atoms with van der Waals surface area (Å²) in [5, 5.41) is 15.2. The summed E-state index contributed by atoms with van der Waals surface area (Å²) in [6.07, 6.45) is -0.0178. The average Bonchev–Trinajstić information content (AvgIpc) is 3.38. The molecule has 4 rings (SSSR count). The van der Waals surface area contributed by atoms with Crippen molar-refractivity contribution in [1.29, 1.82) is 0 Å². The fourth-order valence-corrected chi connectivity index (χ4v) is 3.99. The summed E-state index contributed by atoms with van der Waals surface area (Å²) in [7, 11) is 2.99. The van der Waals surface area contributed by atoms with Gasteiger partial charge in [-0.15, -0.1) is 0 Å². The Balaban J connectivity index is 1.88. The number of carbonyl (C=O) groups is 2. The Bertz CT molecular complexity index is 1290. The third kappa shape index (κ3) is 4.44. The molecule has 0 saturated carbocycles. The number of hydrogen-bond acceptors (Lipinski definition) is 8. The first kappa shape index (κ1) is 23.9. The first-order valence-corrected chi connectivity index (χ1v) is 11.0. The minimum absolute atomic E-state index is 0.0178. The van der Waals surface area contributed by atoms with Gasteiger partial charge < -0.3 is 23.8 Å². The van der Waals surface area contributed by atoms with Gasteiger partial charge in [-0.25, -0.2) is 0 Å². The second-order valence-corrected chi connectivity index (χ2v) is 8.27.